The quantitative estimate of drug-likeness (QED) is 0.638. The molecule has 0 aliphatic rings. The highest BCUT2D eigenvalue weighted by Gasteiger charge is 2.05. The number of anilines is 1. The van der Waals surface area contributed by atoms with Crippen LogP contribution < -0.4 is 4.90 Å². The van der Waals surface area contributed by atoms with Gasteiger partial charge in [0, 0.05) is 25.4 Å². The monoisotopic (exact) mass is 260 g/mol. The minimum atomic E-state index is 0.543. The van der Waals surface area contributed by atoms with Crippen molar-refractivity contribution in [3.05, 3.63) is 30.3 Å². The second kappa shape index (κ2) is 9.41. The number of ether oxygens (including phenoxy) is 1. The lowest BCUT2D eigenvalue weighted by Gasteiger charge is -2.23. The van der Waals surface area contributed by atoms with E-state index in [0.717, 1.165) is 31.8 Å². The Balaban J connectivity index is 2.36. The first-order valence-electron chi connectivity index (χ1n) is 6.98. The van der Waals surface area contributed by atoms with Gasteiger partial charge in [-0.05, 0) is 24.5 Å². The summed E-state index contributed by atoms with van der Waals surface area (Å²) in [7, 11) is 0. The van der Waals surface area contributed by atoms with E-state index in [1.165, 1.54) is 0 Å². The number of benzene rings is 1. The van der Waals surface area contributed by atoms with Gasteiger partial charge in [0.2, 0.25) is 0 Å². The molecule has 0 fully saturated rings. The van der Waals surface area contributed by atoms with Crippen LogP contribution in [-0.2, 0) is 4.74 Å². The topological polar surface area (TPSA) is 36.3 Å². The molecule has 0 unspecified atom stereocenters. The van der Waals surface area contributed by atoms with E-state index < -0.39 is 0 Å². The lowest BCUT2D eigenvalue weighted by Crippen LogP contribution is -2.28. The maximum absolute atomic E-state index is 8.72. The van der Waals surface area contributed by atoms with Crippen LogP contribution in [0.5, 0.6) is 0 Å². The number of para-hydroxylation sites is 1. The summed E-state index contributed by atoms with van der Waals surface area (Å²) in [4.78, 5) is 2.21. The Morgan fingerprint density at radius 2 is 1.89 bits per heavy atom. The zero-order chi connectivity index (χ0) is 13.9. The van der Waals surface area contributed by atoms with Gasteiger partial charge in [-0.3, -0.25) is 0 Å². The molecule has 0 heterocycles. The highest BCUT2D eigenvalue weighted by atomic mass is 16.5. The fourth-order valence-electron chi connectivity index (χ4n) is 1.79. The molecule has 3 heteroatoms. The molecule has 1 aromatic rings. The van der Waals surface area contributed by atoms with Crippen molar-refractivity contribution in [2.24, 2.45) is 5.92 Å². The summed E-state index contributed by atoms with van der Waals surface area (Å²) in [5, 5.41) is 8.72. The summed E-state index contributed by atoms with van der Waals surface area (Å²) in [6.45, 7) is 7.53. The van der Waals surface area contributed by atoms with Gasteiger partial charge in [0.05, 0.1) is 19.1 Å². The van der Waals surface area contributed by atoms with Gasteiger partial charge in [0.15, 0.2) is 0 Å². The second-order valence-electron chi connectivity index (χ2n) is 5.03. The van der Waals surface area contributed by atoms with Gasteiger partial charge in [-0.15, -0.1) is 0 Å². The van der Waals surface area contributed by atoms with Crippen LogP contribution in [-0.4, -0.2) is 26.3 Å². The van der Waals surface area contributed by atoms with Crippen molar-refractivity contribution in [3.63, 3.8) is 0 Å². The number of nitriles is 1. The summed E-state index contributed by atoms with van der Waals surface area (Å²) in [6.07, 6.45) is 1.64. The Bertz CT molecular complexity index is 370. The highest BCUT2D eigenvalue weighted by molar-refractivity contribution is 5.45. The molecule has 0 N–H and O–H groups in total. The van der Waals surface area contributed by atoms with E-state index in [1.807, 2.05) is 18.2 Å². The largest absolute Gasteiger partial charge is 0.380 e. The fourth-order valence-corrected chi connectivity index (χ4v) is 1.79. The lowest BCUT2D eigenvalue weighted by atomic mass is 10.1. The van der Waals surface area contributed by atoms with E-state index in [1.54, 1.807) is 0 Å². The predicted octanol–water partition coefficient (Wildman–Crippen LogP) is 3.47. The van der Waals surface area contributed by atoms with Crippen molar-refractivity contribution >= 4 is 5.69 Å². The standard InChI is InChI=1S/C16H24N2O/c1-15(2)9-13-19-14-12-18(11-6-10-17)16-7-4-3-5-8-16/h3-5,7-8,15H,6,9,11-14H2,1-2H3. The Hall–Kier alpha value is -1.53. The summed E-state index contributed by atoms with van der Waals surface area (Å²) in [6, 6.07) is 12.4. The van der Waals surface area contributed by atoms with Crippen LogP contribution in [0, 0.1) is 17.2 Å². The third-order valence-electron chi connectivity index (χ3n) is 2.96. The zero-order valence-electron chi connectivity index (χ0n) is 12.0. The van der Waals surface area contributed by atoms with Crippen molar-refractivity contribution in [2.75, 3.05) is 31.2 Å². The Kier molecular flexibility index (Phi) is 7.69. The number of rotatable bonds is 9. The van der Waals surface area contributed by atoms with Crippen molar-refractivity contribution in [2.45, 2.75) is 26.7 Å². The van der Waals surface area contributed by atoms with Crippen LogP contribution in [0.1, 0.15) is 26.7 Å². The van der Waals surface area contributed by atoms with Crippen LogP contribution >= 0.6 is 0 Å². The SMILES string of the molecule is CC(C)CCOCCN(CCC#N)c1ccccc1. The van der Waals surface area contributed by atoms with E-state index in [2.05, 4.69) is 36.9 Å². The molecule has 0 amide bonds. The number of hydrogen-bond acceptors (Lipinski definition) is 3. The van der Waals surface area contributed by atoms with Gasteiger partial charge >= 0.3 is 0 Å². The lowest BCUT2D eigenvalue weighted by molar-refractivity contribution is 0.129. The summed E-state index contributed by atoms with van der Waals surface area (Å²) < 4.78 is 5.65. The van der Waals surface area contributed by atoms with Crippen LogP contribution in [0.3, 0.4) is 0 Å². The van der Waals surface area contributed by atoms with Crippen LogP contribution in [0.2, 0.25) is 0 Å². The molecule has 0 aliphatic heterocycles. The van der Waals surface area contributed by atoms with Crippen LogP contribution in [0.4, 0.5) is 5.69 Å². The minimum absolute atomic E-state index is 0.543. The van der Waals surface area contributed by atoms with Gasteiger partial charge in [0.1, 0.15) is 0 Å². The third-order valence-corrected chi connectivity index (χ3v) is 2.96. The molecule has 0 saturated heterocycles. The molecule has 0 bridgehead atoms. The van der Waals surface area contributed by atoms with E-state index in [0.29, 0.717) is 18.9 Å². The molecular weight excluding hydrogens is 236 g/mol. The van der Waals surface area contributed by atoms with Gasteiger partial charge < -0.3 is 9.64 Å². The predicted molar refractivity (Wildman–Crippen MR) is 79.2 cm³/mol. The normalized spacial score (nSPS) is 10.4. The molecule has 0 radical (unpaired) electrons. The average molecular weight is 260 g/mol. The van der Waals surface area contributed by atoms with Crippen LogP contribution in [0.15, 0.2) is 30.3 Å². The smallest absolute Gasteiger partial charge is 0.0641 e. The van der Waals surface area contributed by atoms with Crippen molar-refractivity contribution in [1.29, 1.82) is 5.26 Å². The second-order valence-corrected chi connectivity index (χ2v) is 5.03. The van der Waals surface area contributed by atoms with Gasteiger partial charge in [-0.2, -0.15) is 5.26 Å². The first kappa shape index (κ1) is 15.5. The zero-order valence-corrected chi connectivity index (χ0v) is 12.0. The van der Waals surface area contributed by atoms with Crippen LogP contribution in [0.25, 0.3) is 0 Å². The molecule has 0 aliphatic carbocycles. The fraction of sp³-hybridized carbons (Fsp3) is 0.562. The first-order chi connectivity index (χ1) is 9.24. The minimum Gasteiger partial charge on any atom is -0.380 e. The molecule has 0 aromatic heterocycles. The third kappa shape index (κ3) is 6.83. The summed E-state index contributed by atoms with van der Waals surface area (Å²) in [5.74, 6) is 0.684. The summed E-state index contributed by atoms with van der Waals surface area (Å²) >= 11 is 0. The van der Waals surface area contributed by atoms with E-state index in [4.69, 9.17) is 10.00 Å². The van der Waals surface area contributed by atoms with Gasteiger partial charge in [-0.1, -0.05) is 32.0 Å². The molecule has 1 aromatic carbocycles. The van der Waals surface area contributed by atoms with Crippen molar-refractivity contribution in [1.82, 2.24) is 0 Å². The maximum atomic E-state index is 8.72. The molecule has 1 rings (SSSR count). The molecule has 0 saturated carbocycles. The first-order valence-corrected chi connectivity index (χ1v) is 6.98. The number of hydrogen-bond donors (Lipinski definition) is 0. The maximum Gasteiger partial charge on any atom is 0.0641 e. The Morgan fingerprint density at radius 3 is 2.53 bits per heavy atom. The van der Waals surface area contributed by atoms with Gasteiger partial charge in [0.25, 0.3) is 0 Å². The highest BCUT2D eigenvalue weighted by Crippen LogP contribution is 2.13. The molecule has 3 nitrogen and oxygen atoms in total. The van der Waals surface area contributed by atoms with Gasteiger partial charge in [-0.25, -0.2) is 0 Å². The molecule has 19 heavy (non-hydrogen) atoms. The van der Waals surface area contributed by atoms with E-state index in [9.17, 15) is 0 Å². The van der Waals surface area contributed by atoms with Crippen molar-refractivity contribution < 1.29 is 4.74 Å². The average Bonchev–Trinajstić information content (AvgIpc) is 2.42. The molecule has 104 valence electrons. The Labute approximate surface area is 116 Å². The number of nitrogens with zero attached hydrogens (tertiary/aromatic N) is 2. The summed E-state index contributed by atoms with van der Waals surface area (Å²) in [5.41, 5.74) is 1.16. The molecule has 0 spiro atoms. The Morgan fingerprint density at radius 1 is 1.16 bits per heavy atom. The molecular formula is C16H24N2O. The molecule has 0 atom stereocenters. The van der Waals surface area contributed by atoms with E-state index in [-0.39, 0.29) is 0 Å². The van der Waals surface area contributed by atoms with E-state index >= 15 is 0 Å². The van der Waals surface area contributed by atoms with Crippen molar-refractivity contribution in [3.8, 4) is 6.07 Å².